The van der Waals surface area contributed by atoms with Gasteiger partial charge in [0, 0.05) is 25.4 Å². The fourth-order valence-corrected chi connectivity index (χ4v) is 4.66. The molecule has 3 rings (SSSR count). The van der Waals surface area contributed by atoms with Crippen molar-refractivity contribution in [1.82, 2.24) is 0 Å². The number of alkyl halides is 6. The molecular weight excluding hydrogens is 818 g/mol. The highest BCUT2D eigenvalue weighted by Gasteiger charge is 2.75. The van der Waals surface area contributed by atoms with E-state index in [-0.39, 0.29) is 7.14 Å². The van der Waals surface area contributed by atoms with Crippen molar-refractivity contribution in [3.05, 3.63) is 49.7 Å². The highest BCUT2D eigenvalue weighted by atomic mass is 127. The van der Waals surface area contributed by atoms with Crippen molar-refractivity contribution in [2.24, 2.45) is 0 Å². The molecule has 1 heterocycles. The summed E-state index contributed by atoms with van der Waals surface area (Å²) in [6.07, 6.45) is -11.2. The molecule has 1 aliphatic rings. The van der Waals surface area contributed by atoms with Gasteiger partial charge in [-0.3, -0.25) is 0 Å². The van der Waals surface area contributed by atoms with Gasteiger partial charge in [-0.1, -0.05) is 0 Å². The van der Waals surface area contributed by atoms with E-state index in [0.717, 1.165) is 12.1 Å². The summed E-state index contributed by atoms with van der Waals surface area (Å²) < 4.78 is 91.8. The van der Waals surface area contributed by atoms with Crippen molar-refractivity contribution in [2.75, 3.05) is 0 Å². The lowest BCUT2D eigenvalue weighted by Gasteiger charge is -2.42. The molecule has 2 aromatic carbocycles. The third kappa shape index (κ3) is 3.13. The van der Waals surface area contributed by atoms with Gasteiger partial charge in [-0.05, 0) is 115 Å². The first-order chi connectivity index (χ1) is 11.8. The Labute approximate surface area is 198 Å². The molecule has 0 fully saturated rings. The summed E-state index contributed by atoms with van der Waals surface area (Å²) in [6.45, 7) is 0. The lowest BCUT2D eigenvalue weighted by Crippen LogP contribution is -2.56. The van der Waals surface area contributed by atoms with Gasteiger partial charge in [0.15, 0.2) is 0 Å². The van der Waals surface area contributed by atoms with Gasteiger partial charge in [-0.25, -0.2) is 0 Å². The average Bonchev–Trinajstić information content (AvgIpc) is 2.46. The summed E-state index contributed by atoms with van der Waals surface area (Å²) in [4.78, 5) is 0. The Morgan fingerprint density at radius 3 is 1.23 bits per heavy atom. The smallest absolute Gasteiger partial charge is 0.411 e. The van der Waals surface area contributed by atoms with Crippen LogP contribution in [0, 0.1) is 14.3 Å². The molecular formula is C15H4F6I4O. The van der Waals surface area contributed by atoms with Gasteiger partial charge in [0.2, 0.25) is 5.41 Å². The summed E-state index contributed by atoms with van der Waals surface area (Å²) in [5.74, 6) is -0.872. The van der Waals surface area contributed by atoms with Crippen molar-refractivity contribution < 1.29 is 31.1 Å². The van der Waals surface area contributed by atoms with Crippen molar-refractivity contribution in [1.29, 1.82) is 0 Å². The van der Waals surface area contributed by atoms with Crippen LogP contribution in [0.5, 0.6) is 11.5 Å². The Bertz CT molecular complexity index is 833. The lowest BCUT2D eigenvalue weighted by molar-refractivity contribution is -0.290. The van der Waals surface area contributed by atoms with E-state index in [2.05, 4.69) is 0 Å². The molecule has 0 saturated carbocycles. The van der Waals surface area contributed by atoms with Crippen LogP contribution in [0.4, 0.5) is 26.3 Å². The molecule has 0 N–H and O–H groups in total. The summed E-state index contributed by atoms with van der Waals surface area (Å²) >= 11 is 7.12. The number of hydrogen-bond donors (Lipinski definition) is 0. The highest BCUT2D eigenvalue weighted by molar-refractivity contribution is 14.1. The number of fused-ring (bicyclic) bond motifs is 2. The van der Waals surface area contributed by atoms with Gasteiger partial charge in [0.1, 0.15) is 11.5 Å². The van der Waals surface area contributed by atoms with Crippen LogP contribution in [0.2, 0.25) is 0 Å². The van der Waals surface area contributed by atoms with Crippen LogP contribution in [0.3, 0.4) is 0 Å². The molecule has 0 saturated heterocycles. The van der Waals surface area contributed by atoms with Gasteiger partial charge in [0.25, 0.3) is 0 Å². The molecule has 0 aromatic heterocycles. The normalized spacial score (nSPS) is 15.9. The monoisotopic (exact) mass is 822 g/mol. The third-order valence-electron chi connectivity index (χ3n) is 3.92. The van der Waals surface area contributed by atoms with E-state index in [0.29, 0.717) is 7.14 Å². The Balaban J connectivity index is 2.54. The molecule has 0 amide bonds. The zero-order valence-electron chi connectivity index (χ0n) is 12.0. The summed E-state index contributed by atoms with van der Waals surface area (Å²) in [6, 6.07) is 4.23. The van der Waals surface area contributed by atoms with E-state index in [4.69, 9.17) is 4.74 Å². The minimum Gasteiger partial charge on any atom is -0.457 e. The zero-order valence-corrected chi connectivity index (χ0v) is 20.6. The lowest BCUT2D eigenvalue weighted by atomic mass is 9.71. The first-order valence-corrected chi connectivity index (χ1v) is 10.9. The molecule has 0 bridgehead atoms. The summed E-state index contributed by atoms with van der Waals surface area (Å²) in [5.41, 5.74) is -6.03. The van der Waals surface area contributed by atoms with E-state index in [9.17, 15) is 26.3 Å². The predicted octanol–water partition coefficient (Wildman–Crippen LogP) is 7.62. The maximum absolute atomic E-state index is 14.1. The van der Waals surface area contributed by atoms with E-state index in [1.807, 2.05) is 45.2 Å². The van der Waals surface area contributed by atoms with Crippen LogP contribution in [-0.2, 0) is 5.41 Å². The minimum atomic E-state index is -5.61. The number of hydrogen-bond acceptors (Lipinski definition) is 1. The zero-order chi connectivity index (χ0) is 19.7. The van der Waals surface area contributed by atoms with Crippen LogP contribution < -0.4 is 4.74 Å². The van der Waals surface area contributed by atoms with Gasteiger partial charge >= 0.3 is 12.4 Å². The van der Waals surface area contributed by atoms with E-state index < -0.39 is 40.4 Å². The molecule has 0 atom stereocenters. The summed E-state index contributed by atoms with van der Waals surface area (Å²) in [7, 11) is 0. The van der Waals surface area contributed by atoms with Gasteiger partial charge in [-0.15, -0.1) is 0 Å². The fourth-order valence-electron chi connectivity index (χ4n) is 2.85. The predicted molar refractivity (Wildman–Crippen MR) is 117 cm³/mol. The standard InChI is InChI=1S/C15H4F6I4O/c16-14(17,18)13(15(19,20)21)5-1-7(22)9(24)3-11(5)26-12-4-10(25)8(23)2-6(12)13/h1-4H. The molecule has 140 valence electrons. The number of benzene rings is 2. The van der Waals surface area contributed by atoms with Crippen molar-refractivity contribution >= 4 is 90.4 Å². The third-order valence-corrected chi connectivity index (χ3v) is 9.56. The maximum atomic E-state index is 14.1. The number of halogens is 10. The average molecular weight is 822 g/mol. The Kier molecular flexibility index (Phi) is 5.70. The topological polar surface area (TPSA) is 9.23 Å². The van der Waals surface area contributed by atoms with Crippen molar-refractivity contribution in [3.8, 4) is 11.5 Å². The molecule has 0 aliphatic carbocycles. The van der Waals surface area contributed by atoms with E-state index in [1.54, 1.807) is 45.2 Å². The number of ether oxygens (including phenoxy) is 1. The van der Waals surface area contributed by atoms with Gasteiger partial charge in [-0.2, -0.15) is 26.3 Å². The molecule has 1 nitrogen and oxygen atoms in total. The Hall–Kier alpha value is 0.740. The largest absolute Gasteiger partial charge is 0.457 e. The fraction of sp³-hybridized carbons (Fsp3) is 0.200. The van der Waals surface area contributed by atoms with E-state index >= 15 is 0 Å². The number of rotatable bonds is 0. The first kappa shape index (κ1) is 21.4. The van der Waals surface area contributed by atoms with Gasteiger partial charge in [0.05, 0.1) is 0 Å². The quantitative estimate of drug-likeness (QED) is 0.197. The Morgan fingerprint density at radius 1 is 0.615 bits per heavy atom. The second-order valence-corrected chi connectivity index (χ2v) is 10.0. The maximum Gasteiger partial charge on any atom is 0.411 e. The van der Waals surface area contributed by atoms with Crippen LogP contribution in [-0.4, -0.2) is 12.4 Å². The van der Waals surface area contributed by atoms with Gasteiger partial charge < -0.3 is 4.74 Å². The minimum absolute atomic E-state index is 0.284. The van der Waals surface area contributed by atoms with Crippen LogP contribution in [0.1, 0.15) is 11.1 Å². The molecule has 0 radical (unpaired) electrons. The SMILES string of the molecule is FC(F)(F)C1(C(F)(F)F)c2cc(I)c(I)cc2Oc2cc(I)c(I)cc21. The Morgan fingerprint density at radius 2 is 0.923 bits per heavy atom. The molecule has 0 unspecified atom stereocenters. The first-order valence-electron chi connectivity index (χ1n) is 6.61. The van der Waals surface area contributed by atoms with Crippen molar-refractivity contribution in [2.45, 2.75) is 17.8 Å². The molecule has 1 aliphatic heterocycles. The summed E-state index contributed by atoms with van der Waals surface area (Å²) in [5, 5.41) is 0. The van der Waals surface area contributed by atoms with Crippen LogP contribution >= 0.6 is 90.4 Å². The molecule has 11 heteroatoms. The molecule has 26 heavy (non-hydrogen) atoms. The van der Waals surface area contributed by atoms with Crippen molar-refractivity contribution in [3.63, 3.8) is 0 Å². The molecule has 2 aromatic rings. The van der Waals surface area contributed by atoms with Crippen LogP contribution in [0.25, 0.3) is 0 Å². The van der Waals surface area contributed by atoms with Crippen LogP contribution in [0.15, 0.2) is 24.3 Å². The highest BCUT2D eigenvalue weighted by Crippen LogP contribution is 2.63. The molecule has 0 spiro atoms. The van der Waals surface area contributed by atoms with E-state index in [1.165, 1.54) is 12.1 Å². The second-order valence-electron chi connectivity index (χ2n) is 5.37. The second kappa shape index (κ2) is 6.91.